The number of allylic oxidation sites excluding steroid dienone is 4. The predicted molar refractivity (Wildman–Crippen MR) is 45.6 cm³/mol. The average molecular weight is 164 g/mol. The Morgan fingerprint density at radius 1 is 1.25 bits per heavy atom. The van der Waals surface area contributed by atoms with Gasteiger partial charge in [0.2, 0.25) is 0 Å². The van der Waals surface area contributed by atoms with Gasteiger partial charge in [-0.15, -0.1) is 0 Å². The van der Waals surface area contributed by atoms with Crippen LogP contribution >= 0.6 is 0 Å². The second-order valence-corrected chi connectivity index (χ2v) is 3.53. The third kappa shape index (κ3) is 1.07. The quantitative estimate of drug-likeness (QED) is 0.676. The summed E-state index contributed by atoms with van der Waals surface area (Å²) in [6, 6.07) is 0. The van der Waals surface area contributed by atoms with Crippen molar-refractivity contribution in [3.8, 4) is 0 Å². The second kappa shape index (κ2) is 2.77. The summed E-state index contributed by atoms with van der Waals surface area (Å²) in [5.41, 5.74) is 0. The molecule has 2 aliphatic rings. The van der Waals surface area contributed by atoms with Gasteiger partial charge in [-0.2, -0.15) is 0 Å². The summed E-state index contributed by atoms with van der Waals surface area (Å²) >= 11 is 0. The molecule has 0 heterocycles. The van der Waals surface area contributed by atoms with Gasteiger partial charge < -0.3 is 5.11 Å². The van der Waals surface area contributed by atoms with Crippen LogP contribution in [0.1, 0.15) is 12.8 Å². The van der Waals surface area contributed by atoms with E-state index < -0.39 is 5.97 Å². The molecule has 2 atom stereocenters. The van der Waals surface area contributed by atoms with Gasteiger partial charge in [0.15, 0.2) is 0 Å². The van der Waals surface area contributed by atoms with Gasteiger partial charge in [-0.3, -0.25) is 4.79 Å². The fourth-order valence-electron chi connectivity index (χ4n) is 2.03. The Labute approximate surface area is 71.6 Å². The van der Waals surface area contributed by atoms with Crippen LogP contribution in [-0.4, -0.2) is 11.1 Å². The van der Waals surface area contributed by atoms with Crippen LogP contribution < -0.4 is 0 Å². The first-order valence-electron chi connectivity index (χ1n) is 4.37. The fraction of sp³-hybridized carbons (Fsp3) is 0.500. The zero-order valence-electron chi connectivity index (χ0n) is 6.81. The third-order valence-corrected chi connectivity index (χ3v) is 2.92. The van der Waals surface area contributed by atoms with Crippen molar-refractivity contribution in [2.45, 2.75) is 12.8 Å². The largest absolute Gasteiger partial charge is 0.481 e. The monoisotopic (exact) mass is 164 g/mol. The summed E-state index contributed by atoms with van der Waals surface area (Å²) in [5, 5.41) is 8.82. The van der Waals surface area contributed by atoms with E-state index in [4.69, 9.17) is 5.11 Å². The molecule has 2 rings (SSSR count). The van der Waals surface area contributed by atoms with Crippen molar-refractivity contribution in [1.82, 2.24) is 0 Å². The second-order valence-electron chi connectivity index (χ2n) is 3.53. The Morgan fingerprint density at radius 3 is 2.33 bits per heavy atom. The molecule has 64 valence electrons. The maximum Gasteiger partial charge on any atom is 0.306 e. The number of carboxylic acids is 1. The van der Waals surface area contributed by atoms with Crippen molar-refractivity contribution in [1.29, 1.82) is 0 Å². The van der Waals surface area contributed by atoms with Crippen LogP contribution in [0.25, 0.3) is 0 Å². The molecule has 0 aliphatic heterocycles. The first-order chi connectivity index (χ1) is 5.79. The van der Waals surface area contributed by atoms with Crippen molar-refractivity contribution in [2.75, 3.05) is 0 Å². The molecule has 0 spiro atoms. The zero-order valence-corrected chi connectivity index (χ0v) is 6.81. The Hall–Kier alpha value is -1.05. The minimum atomic E-state index is -0.625. The maximum atomic E-state index is 10.7. The van der Waals surface area contributed by atoms with Crippen LogP contribution in [0.2, 0.25) is 0 Å². The molecule has 2 nitrogen and oxygen atoms in total. The van der Waals surface area contributed by atoms with Gasteiger partial charge in [-0.05, 0) is 24.7 Å². The number of carbonyl (C=O) groups is 1. The van der Waals surface area contributed by atoms with Crippen molar-refractivity contribution < 1.29 is 9.90 Å². The lowest BCUT2D eigenvalue weighted by Crippen LogP contribution is -2.36. The van der Waals surface area contributed by atoms with Gasteiger partial charge in [0.05, 0.1) is 5.92 Å². The van der Waals surface area contributed by atoms with Crippen molar-refractivity contribution in [3.63, 3.8) is 0 Å². The topological polar surface area (TPSA) is 37.3 Å². The molecule has 2 unspecified atom stereocenters. The van der Waals surface area contributed by atoms with E-state index in [1.807, 2.05) is 12.2 Å². The van der Waals surface area contributed by atoms with E-state index in [0.717, 1.165) is 12.8 Å². The predicted octanol–water partition coefficient (Wildman–Crippen LogP) is 1.84. The minimum Gasteiger partial charge on any atom is -0.481 e. The minimum absolute atomic E-state index is 0.0950. The molecule has 0 radical (unpaired) electrons. The van der Waals surface area contributed by atoms with Crippen molar-refractivity contribution in [3.05, 3.63) is 24.3 Å². The molecule has 0 aromatic carbocycles. The normalized spacial score (nSPS) is 33.7. The van der Waals surface area contributed by atoms with Crippen molar-refractivity contribution in [2.24, 2.45) is 17.8 Å². The van der Waals surface area contributed by atoms with Crippen LogP contribution in [0, 0.1) is 17.8 Å². The first-order valence-corrected chi connectivity index (χ1v) is 4.37. The van der Waals surface area contributed by atoms with Gasteiger partial charge in [-0.25, -0.2) is 0 Å². The van der Waals surface area contributed by atoms with Crippen molar-refractivity contribution >= 4 is 5.97 Å². The van der Waals surface area contributed by atoms with Crippen LogP contribution in [0.4, 0.5) is 0 Å². The van der Waals surface area contributed by atoms with E-state index in [2.05, 4.69) is 12.2 Å². The molecular weight excluding hydrogens is 152 g/mol. The Kier molecular flexibility index (Phi) is 1.75. The third-order valence-electron chi connectivity index (χ3n) is 2.92. The lowest BCUT2D eigenvalue weighted by molar-refractivity contribution is -0.148. The standard InChI is InChI=1S/C10H12O2/c11-10(12)9-6-5-8(9)7-3-1-2-4-7/h1-4,7-9H,5-6H2,(H,11,12). The maximum absolute atomic E-state index is 10.7. The molecule has 1 saturated carbocycles. The fourth-order valence-corrected chi connectivity index (χ4v) is 2.03. The SMILES string of the molecule is O=C(O)C1CCC1C1C=CC=C1. The highest BCUT2D eigenvalue weighted by atomic mass is 16.4. The highest BCUT2D eigenvalue weighted by Crippen LogP contribution is 2.41. The molecule has 0 amide bonds. The summed E-state index contributed by atoms with van der Waals surface area (Å²) in [4.78, 5) is 10.7. The number of hydrogen-bond acceptors (Lipinski definition) is 1. The van der Waals surface area contributed by atoms with Gasteiger partial charge in [0.1, 0.15) is 0 Å². The molecule has 0 saturated heterocycles. The molecule has 0 aromatic rings. The van der Waals surface area contributed by atoms with E-state index >= 15 is 0 Å². The summed E-state index contributed by atoms with van der Waals surface area (Å²) in [6.45, 7) is 0. The lowest BCUT2D eigenvalue weighted by atomic mass is 9.67. The van der Waals surface area contributed by atoms with Gasteiger partial charge >= 0.3 is 5.97 Å². The Morgan fingerprint density at radius 2 is 1.92 bits per heavy atom. The molecule has 2 heteroatoms. The summed E-state index contributed by atoms with van der Waals surface area (Å²) < 4.78 is 0. The van der Waals surface area contributed by atoms with Gasteiger partial charge in [0, 0.05) is 0 Å². The van der Waals surface area contributed by atoms with Crippen LogP contribution in [-0.2, 0) is 4.79 Å². The van der Waals surface area contributed by atoms with Crippen LogP contribution in [0.5, 0.6) is 0 Å². The Balaban J connectivity index is 2.01. The van der Waals surface area contributed by atoms with Crippen LogP contribution in [0.3, 0.4) is 0 Å². The highest BCUT2D eigenvalue weighted by Gasteiger charge is 2.39. The number of carboxylic acid groups (broad SMARTS) is 1. The van der Waals surface area contributed by atoms with E-state index in [1.54, 1.807) is 0 Å². The smallest absolute Gasteiger partial charge is 0.306 e. The number of rotatable bonds is 2. The summed E-state index contributed by atoms with van der Waals surface area (Å²) in [5.74, 6) is 0.0275. The van der Waals surface area contributed by atoms with E-state index in [0.29, 0.717) is 11.8 Å². The number of hydrogen-bond donors (Lipinski definition) is 1. The first kappa shape index (κ1) is 7.59. The molecule has 1 N–H and O–H groups in total. The van der Waals surface area contributed by atoms with Gasteiger partial charge in [0.25, 0.3) is 0 Å². The van der Waals surface area contributed by atoms with E-state index in [1.165, 1.54) is 0 Å². The molecule has 0 bridgehead atoms. The summed E-state index contributed by atoms with van der Waals surface area (Å²) in [6.07, 6.45) is 10.1. The Bertz CT molecular complexity index is 241. The van der Waals surface area contributed by atoms with E-state index in [-0.39, 0.29) is 5.92 Å². The lowest BCUT2D eigenvalue weighted by Gasteiger charge is -2.36. The zero-order chi connectivity index (χ0) is 8.55. The van der Waals surface area contributed by atoms with Crippen LogP contribution in [0.15, 0.2) is 24.3 Å². The summed E-state index contributed by atoms with van der Waals surface area (Å²) in [7, 11) is 0. The number of aliphatic carboxylic acids is 1. The molecule has 0 aromatic heterocycles. The molecule has 1 fully saturated rings. The molecule has 12 heavy (non-hydrogen) atoms. The highest BCUT2D eigenvalue weighted by molar-refractivity contribution is 5.71. The van der Waals surface area contributed by atoms with Gasteiger partial charge in [-0.1, -0.05) is 24.3 Å². The molecule has 2 aliphatic carbocycles. The average Bonchev–Trinajstić information content (AvgIpc) is 2.35. The molecular formula is C10H12O2. The van der Waals surface area contributed by atoms with E-state index in [9.17, 15) is 4.79 Å².